The molecule has 21 heavy (non-hydrogen) atoms. The normalized spacial score (nSPS) is 17.2. The average Bonchev–Trinajstić information content (AvgIpc) is 2.88. The van der Waals surface area contributed by atoms with Gasteiger partial charge in [0, 0.05) is 24.2 Å². The third-order valence-corrected chi connectivity index (χ3v) is 2.99. The fourth-order valence-corrected chi connectivity index (χ4v) is 1.93. The van der Waals surface area contributed by atoms with Gasteiger partial charge in [0.15, 0.2) is 6.10 Å². The molecule has 8 nitrogen and oxygen atoms in total. The van der Waals surface area contributed by atoms with E-state index < -0.39 is 11.0 Å². The molecule has 1 saturated heterocycles. The van der Waals surface area contributed by atoms with E-state index in [0.29, 0.717) is 24.4 Å². The molecule has 1 amide bonds. The largest absolute Gasteiger partial charge is 0.489 e. The Labute approximate surface area is 121 Å². The van der Waals surface area contributed by atoms with Gasteiger partial charge in [-0.15, -0.1) is 0 Å². The summed E-state index contributed by atoms with van der Waals surface area (Å²) in [4.78, 5) is 21.3. The predicted molar refractivity (Wildman–Crippen MR) is 74.2 cm³/mol. The average molecular weight is 295 g/mol. The van der Waals surface area contributed by atoms with Crippen LogP contribution < -0.4 is 15.4 Å². The molecule has 0 aliphatic carbocycles. The molecular weight excluding hydrogens is 278 g/mol. The number of amides is 1. The molecular formula is C13H17N3O5. The Morgan fingerprint density at radius 2 is 2.38 bits per heavy atom. The zero-order valence-corrected chi connectivity index (χ0v) is 11.6. The van der Waals surface area contributed by atoms with Gasteiger partial charge < -0.3 is 20.1 Å². The highest BCUT2D eigenvalue weighted by atomic mass is 16.6. The number of hydrogen-bond acceptors (Lipinski definition) is 6. The van der Waals surface area contributed by atoms with Crippen LogP contribution in [0, 0.1) is 10.1 Å². The molecule has 0 aromatic heterocycles. The molecule has 1 aliphatic rings. The first-order chi connectivity index (χ1) is 10.1. The topological polar surface area (TPSA) is 103 Å². The molecule has 1 fully saturated rings. The lowest BCUT2D eigenvalue weighted by molar-refractivity contribution is -0.384. The van der Waals surface area contributed by atoms with Crippen LogP contribution in [0.2, 0.25) is 0 Å². The molecule has 0 radical (unpaired) electrons. The summed E-state index contributed by atoms with van der Waals surface area (Å²) in [6.45, 7) is 3.76. The van der Waals surface area contributed by atoms with Crippen LogP contribution >= 0.6 is 0 Å². The number of benzene rings is 1. The van der Waals surface area contributed by atoms with Crippen molar-refractivity contribution in [1.29, 1.82) is 0 Å². The van der Waals surface area contributed by atoms with E-state index in [1.165, 1.54) is 12.1 Å². The van der Waals surface area contributed by atoms with Crippen molar-refractivity contribution < 1.29 is 19.2 Å². The molecule has 1 unspecified atom stereocenters. The lowest BCUT2D eigenvalue weighted by atomic mass is 10.1. The summed E-state index contributed by atoms with van der Waals surface area (Å²) in [5.41, 5.74) is 0.715. The quantitative estimate of drug-likeness (QED) is 0.578. The molecule has 0 spiro atoms. The number of ether oxygens (including phenoxy) is 2. The minimum atomic E-state index is -0.458. The van der Waals surface area contributed by atoms with Crippen molar-refractivity contribution in [2.45, 2.75) is 19.6 Å². The molecule has 1 atom stereocenters. The first-order valence-corrected chi connectivity index (χ1v) is 6.65. The van der Waals surface area contributed by atoms with Gasteiger partial charge >= 0.3 is 6.09 Å². The number of alkyl carbamates (subject to hydrolysis) is 1. The van der Waals surface area contributed by atoms with Crippen LogP contribution in [-0.2, 0) is 11.3 Å². The molecule has 0 bridgehead atoms. The molecule has 2 N–H and O–H groups in total. The summed E-state index contributed by atoms with van der Waals surface area (Å²) < 4.78 is 10.6. The van der Waals surface area contributed by atoms with Crippen LogP contribution in [0.3, 0.4) is 0 Å². The summed E-state index contributed by atoms with van der Waals surface area (Å²) in [7, 11) is 0. The third kappa shape index (κ3) is 4.06. The van der Waals surface area contributed by atoms with Gasteiger partial charge in [-0.05, 0) is 12.6 Å². The maximum absolute atomic E-state index is 10.9. The van der Waals surface area contributed by atoms with E-state index in [1.807, 2.05) is 6.92 Å². The monoisotopic (exact) mass is 295 g/mol. The number of nitro groups is 1. The predicted octanol–water partition coefficient (Wildman–Crippen LogP) is 1.19. The van der Waals surface area contributed by atoms with Crippen LogP contribution in [0.1, 0.15) is 12.5 Å². The van der Waals surface area contributed by atoms with Crippen LogP contribution in [0.4, 0.5) is 10.5 Å². The maximum Gasteiger partial charge on any atom is 0.407 e. The SMILES string of the molecule is CCNCc1cc([N+](=O)[O-])ccc1OCC1CNC(=O)O1. The van der Waals surface area contributed by atoms with E-state index in [2.05, 4.69) is 10.6 Å². The van der Waals surface area contributed by atoms with Crippen molar-refractivity contribution in [3.63, 3.8) is 0 Å². The van der Waals surface area contributed by atoms with Gasteiger partial charge in [0.1, 0.15) is 12.4 Å². The van der Waals surface area contributed by atoms with Crippen molar-refractivity contribution in [1.82, 2.24) is 10.6 Å². The maximum atomic E-state index is 10.9. The van der Waals surface area contributed by atoms with Gasteiger partial charge in [-0.2, -0.15) is 0 Å². The van der Waals surface area contributed by atoms with Crippen LogP contribution in [-0.4, -0.2) is 36.8 Å². The molecule has 1 aromatic rings. The van der Waals surface area contributed by atoms with Gasteiger partial charge in [-0.1, -0.05) is 6.92 Å². The minimum absolute atomic E-state index is 0.0178. The first-order valence-electron chi connectivity index (χ1n) is 6.65. The smallest absolute Gasteiger partial charge is 0.407 e. The molecule has 1 aromatic carbocycles. The zero-order valence-electron chi connectivity index (χ0n) is 11.6. The highest BCUT2D eigenvalue weighted by Gasteiger charge is 2.23. The van der Waals surface area contributed by atoms with E-state index in [0.717, 1.165) is 6.54 Å². The summed E-state index contributed by atoms with van der Waals surface area (Å²) in [5.74, 6) is 0.546. The Morgan fingerprint density at radius 1 is 1.57 bits per heavy atom. The number of rotatable bonds is 7. The number of non-ortho nitro benzene ring substituents is 1. The highest BCUT2D eigenvalue weighted by molar-refractivity contribution is 5.69. The number of nitro benzene ring substituents is 1. The van der Waals surface area contributed by atoms with Crippen molar-refractivity contribution >= 4 is 11.8 Å². The second-order valence-electron chi connectivity index (χ2n) is 4.55. The summed E-state index contributed by atoms with van der Waals surface area (Å²) in [6, 6.07) is 4.44. The summed E-state index contributed by atoms with van der Waals surface area (Å²) in [5, 5.41) is 16.5. The fraction of sp³-hybridized carbons (Fsp3) is 0.462. The van der Waals surface area contributed by atoms with E-state index in [9.17, 15) is 14.9 Å². The van der Waals surface area contributed by atoms with E-state index in [1.54, 1.807) is 6.07 Å². The first kappa shape index (κ1) is 15.0. The van der Waals surface area contributed by atoms with E-state index in [4.69, 9.17) is 9.47 Å². The Kier molecular flexibility index (Phi) is 4.94. The number of carbonyl (C=O) groups is 1. The van der Waals surface area contributed by atoms with Gasteiger partial charge in [-0.3, -0.25) is 10.1 Å². The number of carbonyl (C=O) groups excluding carboxylic acids is 1. The van der Waals surface area contributed by atoms with Gasteiger partial charge in [0.25, 0.3) is 5.69 Å². The van der Waals surface area contributed by atoms with Gasteiger partial charge in [-0.25, -0.2) is 4.79 Å². The lowest BCUT2D eigenvalue weighted by Crippen LogP contribution is -2.22. The fourth-order valence-electron chi connectivity index (χ4n) is 1.93. The standard InChI is InChI=1S/C13H17N3O5/c1-2-14-6-9-5-10(16(18)19)3-4-12(9)20-8-11-7-15-13(17)21-11/h3-5,11,14H,2,6-8H2,1H3,(H,15,17). The van der Waals surface area contributed by atoms with Crippen molar-refractivity contribution in [2.75, 3.05) is 19.7 Å². The second kappa shape index (κ2) is 6.89. The molecule has 0 saturated carbocycles. The van der Waals surface area contributed by atoms with Gasteiger partial charge in [0.2, 0.25) is 0 Å². The Hall–Kier alpha value is -2.35. The number of hydrogen-bond donors (Lipinski definition) is 2. The Morgan fingerprint density at radius 3 is 3.00 bits per heavy atom. The molecule has 114 valence electrons. The summed E-state index contributed by atoms with van der Waals surface area (Å²) >= 11 is 0. The molecule has 8 heteroatoms. The molecule has 1 heterocycles. The second-order valence-corrected chi connectivity index (χ2v) is 4.55. The molecule has 2 rings (SSSR count). The van der Waals surface area contributed by atoms with Crippen LogP contribution in [0.15, 0.2) is 18.2 Å². The lowest BCUT2D eigenvalue weighted by Gasteiger charge is -2.14. The van der Waals surface area contributed by atoms with Crippen LogP contribution in [0.5, 0.6) is 5.75 Å². The minimum Gasteiger partial charge on any atom is -0.489 e. The van der Waals surface area contributed by atoms with Crippen LogP contribution in [0.25, 0.3) is 0 Å². The van der Waals surface area contributed by atoms with Crippen molar-refractivity contribution in [3.8, 4) is 5.75 Å². The van der Waals surface area contributed by atoms with Crippen molar-refractivity contribution in [3.05, 3.63) is 33.9 Å². The zero-order chi connectivity index (χ0) is 15.2. The number of nitrogens with one attached hydrogen (secondary N) is 2. The van der Waals surface area contributed by atoms with E-state index in [-0.39, 0.29) is 18.4 Å². The Balaban J connectivity index is 2.05. The third-order valence-electron chi connectivity index (χ3n) is 2.99. The molecule has 1 aliphatic heterocycles. The number of cyclic esters (lactones) is 1. The van der Waals surface area contributed by atoms with Crippen molar-refractivity contribution in [2.24, 2.45) is 0 Å². The van der Waals surface area contributed by atoms with E-state index >= 15 is 0 Å². The number of nitrogens with zero attached hydrogens (tertiary/aromatic N) is 1. The Bertz CT molecular complexity index is 535. The summed E-state index contributed by atoms with van der Waals surface area (Å²) in [6.07, 6.45) is -0.806. The highest BCUT2D eigenvalue weighted by Crippen LogP contribution is 2.24. The van der Waals surface area contributed by atoms with Gasteiger partial charge in [0.05, 0.1) is 11.5 Å².